The van der Waals surface area contributed by atoms with Crippen molar-refractivity contribution in [2.24, 2.45) is 0 Å². The lowest BCUT2D eigenvalue weighted by atomic mass is 9.92. The summed E-state index contributed by atoms with van der Waals surface area (Å²) in [4.78, 5) is 30.2. The van der Waals surface area contributed by atoms with E-state index >= 15 is 0 Å². The Hall–Kier alpha value is -2.84. The second-order valence-electron chi connectivity index (χ2n) is 7.35. The van der Waals surface area contributed by atoms with Crippen LogP contribution in [-0.4, -0.2) is 53.3 Å². The number of amides is 2. The van der Waals surface area contributed by atoms with Crippen LogP contribution in [0.5, 0.6) is 0 Å². The summed E-state index contributed by atoms with van der Waals surface area (Å²) in [5.41, 5.74) is 4.55. The Morgan fingerprint density at radius 3 is 2.74 bits per heavy atom. The molecule has 1 aliphatic heterocycles. The van der Waals surface area contributed by atoms with E-state index in [-0.39, 0.29) is 31.2 Å². The number of rotatable bonds is 5. The first-order chi connectivity index (χ1) is 15.0. The summed E-state index contributed by atoms with van der Waals surface area (Å²) in [7, 11) is 0. The molecule has 0 radical (unpaired) electrons. The van der Waals surface area contributed by atoms with Gasteiger partial charge in [-0.15, -0.1) is 0 Å². The summed E-state index contributed by atoms with van der Waals surface area (Å²) in [6, 6.07) is 13.0. The molecule has 2 amide bonds. The van der Waals surface area contributed by atoms with Crippen LogP contribution < -0.4 is 5.32 Å². The van der Waals surface area contributed by atoms with Crippen molar-refractivity contribution < 1.29 is 19.4 Å². The van der Waals surface area contributed by atoms with E-state index in [1.165, 1.54) is 5.56 Å². The highest BCUT2D eigenvalue weighted by molar-refractivity contribution is 9.10. The Morgan fingerprint density at radius 2 is 2.03 bits per heavy atom. The van der Waals surface area contributed by atoms with Crippen LogP contribution in [-0.2, 0) is 11.2 Å². The zero-order chi connectivity index (χ0) is 22.0. The Labute approximate surface area is 188 Å². The molecule has 4 rings (SSSR count). The molecule has 1 aliphatic rings. The smallest absolute Gasteiger partial charge is 0.410 e. The Balaban J connectivity index is 1.75. The number of carbonyl (C=O) groups excluding carboxylic acids is 2. The van der Waals surface area contributed by atoms with E-state index < -0.39 is 0 Å². The van der Waals surface area contributed by atoms with Crippen molar-refractivity contribution in [3.63, 3.8) is 0 Å². The summed E-state index contributed by atoms with van der Waals surface area (Å²) in [5.74, 6) is -0.248. The molecule has 0 fully saturated rings. The summed E-state index contributed by atoms with van der Waals surface area (Å²) in [6.45, 7) is 2.73. The molecule has 1 atom stereocenters. The lowest BCUT2D eigenvalue weighted by Gasteiger charge is -2.35. The molecule has 0 spiro atoms. The van der Waals surface area contributed by atoms with E-state index in [1.807, 2.05) is 24.3 Å². The van der Waals surface area contributed by atoms with Crippen LogP contribution in [0.3, 0.4) is 0 Å². The predicted octanol–water partition coefficient (Wildman–Crippen LogP) is 3.76. The van der Waals surface area contributed by atoms with Gasteiger partial charge in [-0.2, -0.15) is 0 Å². The Kier molecular flexibility index (Phi) is 6.29. The minimum absolute atomic E-state index is 0.111. The predicted molar refractivity (Wildman–Crippen MR) is 121 cm³/mol. The highest BCUT2D eigenvalue weighted by Crippen LogP contribution is 2.39. The summed E-state index contributed by atoms with van der Waals surface area (Å²) in [5, 5.41) is 12.7. The van der Waals surface area contributed by atoms with Crippen molar-refractivity contribution in [1.29, 1.82) is 0 Å². The zero-order valence-corrected chi connectivity index (χ0v) is 18.7. The third-order valence-electron chi connectivity index (χ3n) is 5.48. The topological polar surface area (TPSA) is 94.7 Å². The third kappa shape index (κ3) is 4.18. The van der Waals surface area contributed by atoms with Crippen molar-refractivity contribution in [3.8, 4) is 0 Å². The van der Waals surface area contributed by atoms with Gasteiger partial charge in [0, 0.05) is 39.7 Å². The largest absolute Gasteiger partial charge is 0.450 e. The van der Waals surface area contributed by atoms with Crippen molar-refractivity contribution in [1.82, 2.24) is 15.2 Å². The molecule has 7 nitrogen and oxygen atoms in total. The number of hydrogen-bond acceptors (Lipinski definition) is 4. The number of nitrogens with one attached hydrogen (secondary N) is 2. The van der Waals surface area contributed by atoms with Gasteiger partial charge in [-0.25, -0.2) is 4.79 Å². The molecule has 2 aromatic carbocycles. The van der Waals surface area contributed by atoms with Crippen LogP contribution >= 0.6 is 15.9 Å². The van der Waals surface area contributed by atoms with E-state index in [0.717, 1.165) is 33.1 Å². The molecule has 0 aliphatic carbocycles. The van der Waals surface area contributed by atoms with E-state index in [0.29, 0.717) is 18.7 Å². The number of aromatic amines is 1. The van der Waals surface area contributed by atoms with Crippen LogP contribution in [0, 0.1) is 0 Å². The second-order valence-corrected chi connectivity index (χ2v) is 8.27. The first-order valence-corrected chi connectivity index (χ1v) is 11.0. The van der Waals surface area contributed by atoms with Gasteiger partial charge in [0.25, 0.3) is 5.91 Å². The molecule has 3 aromatic rings. The van der Waals surface area contributed by atoms with Crippen LogP contribution in [0.25, 0.3) is 10.9 Å². The molecule has 162 valence electrons. The van der Waals surface area contributed by atoms with Crippen molar-refractivity contribution in [2.45, 2.75) is 19.4 Å². The number of aliphatic hydroxyl groups excluding tert-OH is 1. The molecule has 1 aromatic heterocycles. The number of hydrogen-bond donors (Lipinski definition) is 3. The maximum Gasteiger partial charge on any atom is 0.410 e. The normalized spacial score (nSPS) is 15.6. The van der Waals surface area contributed by atoms with E-state index in [1.54, 1.807) is 24.0 Å². The highest BCUT2D eigenvalue weighted by Gasteiger charge is 2.35. The van der Waals surface area contributed by atoms with Gasteiger partial charge in [0.1, 0.15) is 6.04 Å². The fraction of sp³-hybridized carbons (Fsp3) is 0.304. The van der Waals surface area contributed by atoms with Gasteiger partial charge < -0.3 is 20.1 Å². The lowest BCUT2D eigenvalue weighted by molar-refractivity contribution is 0.0925. The number of ether oxygens (including phenoxy) is 1. The number of fused-ring (bicyclic) bond motifs is 3. The average Bonchev–Trinajstić information content (AvgIpc) is 3.15. The first kappa shape index (κ1) is 21.4. The van der Waals surface area contributed by atoms with Crippen molar-refractivity contribution in [2.75, 3.05) is 26.3 Å². The molecule has 0 bridgehead atoms. The van der Waals surface area contributed by atoms with Gasteiger partial charge in [-0.1, -0.05) is 28.1 Å². The number of aromatic nitrogens is 1. The quantitative estimate of drug-likeness (QED) is 0.512. The van der Waals surface area contributed by atoms with Gasteiger partial charge in [-0.05, 0) is 54.8 Å². The number of halogens is 1. The molecule has 0 saturated carbocycles. The molecular weight excluding hydrogens is 462 g/mol. The number of H-pyrrole nitrogens is 1. The average molecular weight is 486 g/mol. The first-order valence-electron chi connectivity index (χ1n) is 10.3. The number of benzene rings is 2. The second kappa shape index (κ2) is 9.11. The number of carbonyl (C=O) groups is 2. The van der Waals surface area contributed by atoms with Crippen LogP contribution in [0.1, 0.15) is 40.1 Å². The highest BCUT2D eigenvalue weighted by atomic mass is 79.9. The number of aliphatic hydroxyl groups is 1. The van der Waals surface area contributed by atoms with Crippen molar-refractivity contribution in [3.05, 3.63) is 69.3 Å². The maximum atomic E-state index is 12.7. The zero-order valence-electron chi connectivity index (χ0n) is 17.2. The summed E-state index contributed by atoms with van der Waals surface area (Å²) >= 11 is 3.55. The molecule has 2 heterocycles. The van der Waals surface area contributed by atoms with E-state index in [4.69, 9.17) is 9.84 Å². The van der Waals surface area contributed by atoms with Gasteiger partial charge in [0.2, 0.25) is 0 Å². The van der Waals surface area contributed by atoms with Gasteiger partial charge in [0.15, 0.2) is 0 Å². The fourth-order valence-electron chi connectivity index (χ4n) is 4.10. The SMILES string of the molecule is CCOC(=O)N1CCc2c([nH]c3ccc(Br)cc23)C1c1ccc(C(=O)NCCO)cc1. The maximum absolute atomic E-state index is 12.7. The number of nitrogens with zero attached hydrogens (tertiary/aromatic N) is 1. The molecular formula is C23H24BrN3O4. The van der Waals surface area contributed by atoms with Gasteiger partial charge >= 0.3 is 6.09 Å². The van der Waals surface area contributed by atoms with Crippen LogP contribution in [0.15, 0.2) is 46.9 Å². The molecule has 8 heteroatoms. The fourth-order valence-corrected chi connectivity index (χ4v) is 4.46. The molecule has 0 saturated heterocycles. The minimum atomic E-state index is -0.359. The van der Waals surface area contributed by atoms with Crippen LogP contribution in [0.4, 0.5) is 4.79 Å². The van der Waals surface area contributed by atoms with E-state index in [9.17, 15) is 9.59 Å². The summed E-state index contributed by atoms with van der Waals surface area (Å²) < 4.78 is 6.33. The lowest BCUT2D eigenvalue weighted by Crippen LogP contribution is -2.41. The van der Waals surface area contributed by atoms with E-state index in [2.05, 4.69) is 32.3 Å². The summed E-state index contributed by atoms with van der Waals surface area (Å²) in [6.07, 6.45) is 0.366. The third-order valence-corrected chi connectivity index (χ3v) is 5.97. The standard InChI is InChI=1S/C23H24BrN3O4/c1-2-31-23(30)27-11-9-17-18-13-16(24)7-8-19(18)26-20(17)21(27)14-3-5-15(6-4-14)22(29)25-10-12-28/h3-8,13,21,26,28H,2,9-12H2,1H3,(H,25,29). The van der Waals surface area contributed by atoms with Crippen LogP contribution in [0.2, 0.25) is 0 Å². The molecule has 1 unspecified atom stereocenters. The Bertz CT molecular complexity index is 1110. The Morgan fingerprint density at radius 1 is 1.26 bits per heavy atom. The monoisotopic (exact) mass is 485 g/mol. The van der Waals surface area contributed by atoms with Gasteiger partial charge in [-0.3, -0.25) is 9.69 Å². The van der Waals surface area contributed by atoms with Crippen molar-refractivity contribution >= 4 is 38.8 Å². The minimum Gasteiger partial charge on any atom is -0.450 e. The van der Waals surface area contributed by atoms with Gasteiger partial charge in [0.05, 0.1) is 13.2 Å². The molecule has 3 N–H and O–H groups in total. The molecule has 31 heavy (non-hydrogen) atoms.